The molecule has 1 aromatic heterocycles. The Kier molecular flexibility index (Phi) is 2.71. The zero-order chi connectivity index (χ0) is 12.8. The van der Waals surface area contributed by atoms with Crippen LogP contribution in [-0.2, 0) is 11.2 Å². The lowest BCUT2D eigenvalue weighted by molar-refractivity contribution is -0.122. The molecule has 3 atom stereocenters. The van der Waals surface area contributed by atoms with E-state index in [1.165, 1.54) is 31.2 Å². The van der Waals surface area contributed by atoms with Gasteiger partial charge in [0.1, 0.15) is 5.78 Å². The lowest BCUT2D eigenvalue weighted by Gasteiger charge is -2.23. The van der Waals surface area contributed by atoms with E-state index in [2.05, 4.69) is 11.1 Å². The Balaban J connectivity index is 1.59. The molecule has 0 radical (unpaired) electrons. The fraction of sp³-hybridized carbons (Fsp3) is 0.647. The summed E-state index contributed by atoms with van der Waals surface area (Å²) in [5.74, 6) is 2.49. The van der Waals surface area contributed by atoms with Crippen LogP contribution in [0.25, 0.3) is 0 Å². The molecule has 4 rings (SSSR count). The first-order valence-electron chi connectivity index (χ1n) is 7.84. The second-order valence-electron chi connectivity index (χ2n) is 6.53. The first kappa shape index (κ1) is 11.6. The first-order valence-corrected chi connectivity index (χ1v) is 7.84. The largest absolute Gasteiger partial charge is 0.299 e. The van der Waals surface area contributed by atoms with E-state index >= 15 is 0 Å². The van der Waals surface area contributed by atoms with Crippen molar-refractivity contribution in [3.63, 3.8) is 0 Å². The highest BCUT2D eigenvalue weighted by Crippen LogP contribution is 2.57. The van der Waals surface area contributed by atoms with Gasteiger partial charge < -0.3 is 0 Å². The van der Waals surface area contributed by atoms with Crippen LogP contribution in [0.5, 0.6) is 0 Å². The number of carbonyl (C=O) groups is 1. The summed E-state index contributed by atoms with van der Waals surface area (Å²) in [6.45, 7) is 0. The Hall–Kier alpha value is -1.18. The lowest BCUT2D eigenvalue weighted by atomic mass is 9.82. The predicted molar refractivity (Wildman–Crippen MR) is 73.9 cm³/mol. The molecule has 0 saturated heterocycles. The normalized spacial score (nSPS) is 36.2. The van der Waals surface area contributed by atoms with Crippen LogP contribution in [-0.4, -0.2) is 10.8 Å². The summed E-state index contributed by atoms with van der Waals surface area (Å²) in [7, 11) is 0. The molecule has 1 heterocycles. The van der Waals surface area contributed by atoms with E-state index in [1.54, 1.807) is 0 Å². The van der Waals surface area contributed by atoms with Crippen molar-refractivity contribution in [3.05, 3.63) is 29.6 Å². The smallest absolute Gasteiger partial charge is 0.145 e. The Bertz CT molecular complexity index is 498. The van der Waals surface area contributed by atoms with Crippen LogP contribution in [0.1, 0.15) is 55.7 Å². The maximum atomic E-state index is 12.8. The van der Waals surface area contributed by atoms with Crippen molar-refractivity contribution >= 4 is 5.78 Å². The average Bonchev–Trinajstić information content (AvgIpc) is 3.20. The Morgan fingerprint density at radius 3 is 2.68 bits per heavy atom. The molecule has 0 N–H and O–H groups in total. The van der Waals surface area contributed by atoms with E-state index in [-0.39, 0.29) is 5.92 Å². The highest BCUT2D eigenvalue weighted by molar-refractivity contribution is 5.90. The fourth-order valence-electron chi connectivity index (χ4n) is 4.53. The average molecular weight is 255 g/mol. The van der Waals surface area contributed by atoms with Gasteiger partial charge in [-0.15, -0.1) is 0 Å². The van der Waals surface area contributed by atoms with Crippen molar-refractivity contribution in [3.8, 4) is 0 Å². The number of aryl methyl sites for hydroxylation is 1. The quantitative estimate of drug-likeness (QED) is 0.809. The molecule has 3 unspecified atom stereocenters. The van der Waals surface area contributed by atoms with E-state index < -0.39 is 0 Å². The highest BCUT2D eigenvalue weighted by Gasteiger charge is 2.56. The van der Waals surface area contributed by atoms with Crippen molar-refractivity contribution < 1.29 is 4.79 Å². The predicted octanol–water partition coefficient (Wildman–Crippen LogP) is 3.51. The third-order valence-corrected chi connectivity index (χ3v) is 5.52. The fourth-order valence-corrected chi connectivity index (χ4v) is 4.53. The molecule has 2 heteroatoms. The van der Waals surface area contributed by atoms with E-state index in [1.807, 2.05) is 12.3 Å². The minimum absolute atomic E-state index is 0.112. The van der Waals surface area contributed by atoms with Crippen LogP contribution in [0.4, 0.5) is 0 Å². The van der Waals surface area contributed by atoms with Crippen LogP contribution >= 0.6 is 0 Å². The molecule has 3 aliphatic carbocycles. The summed E-state index contributed by atoms with van der Waals surface area (Å²) in [4.78, 5) is 17.4. The number of ketones is 1. The van der Waals surface area contributed by atoms with Crippen LogP contribution in [0, 0.1) is 17.8 Å². The zero-order valence-corrected chi connectivity index (χ0v) is 11.3. The van der Waals surface area contributed by atoms with Crippen molar-refractivity contribution in [1.82, 2.24) is 4.98 Å². The summed E-state index contributed by atoms with van der Waals surface area (Å²) >= 11 is 0. The minimum Gasteiger partial charge on any atom is -0.299 e. The van der Waals surface area contributed by atoms with Crippen LogP contribution in [0.15, 0.2) is 18.3 Å². The molecule has 2 fully saturated rings. The van der Waals surface area contributed by atoms with E-state index in [0.29, 0.717) is 11.7 Å². The molecule has 3 aliphatic rings. The third-order valence-electron chi connectivity index (χ3n) is 5.52. The molecule has 0 spiro atoms. The second-order valence-corrected chi connectivity index (χ2v) is 6.53. The molecule has 0 aliphatic heterocycles. The molecular formula is C17H21NO. The van der Waals surface area contributed by atoms with Crippen molar-refractivity contribution in [2.75, 3.05) is 0 Å². The summed E-state index contributed by atoms with van der Waals surface area (Å²) < 4.78 is 0. The Morgan fingerprint density at radius 1 is 1.11 bits per heavy atom. The third kappa shape index (κ3) is 1.84. The number of carbonyl (C=O) groups excluding carboxylic acids is 1. The molecule has 0 aromatic carbocycles. The maximum Gasteiger partial charge on any atom is 0.145 e. The van der Waals surface area contributed by atoms with Crippen LogP contribution in [0.2, 0.25) is 0 Å². The highest BCUT2D eigenvalue weighted by atomic mass is 16.1. The van der Waals surface area contributed by atoms with Crippen LogP contribution < -0.4 is 0 Å². The molecule has 2 saturated carbocycles. The van der Waals surface area contributed by atoms with E-state index in [4.69, 9.17) is 0 Å². The Morgan fingerprint density at radius 2 is 1.89 bits per heavy atom. The van der Waals surface area contributed by atoms with Gasteiger partial charge in [0.05, 0.1) is 11.6 Å². The monoisotopic (exact) mass is 255 g/mol. The topological polar surface area (TPSA) is 30.0 Å². The molecule has 1 aromatic rings. The number of nitrogens with zero attached hydrogens (tertiary/aromatic N) is 1. The lowest BCUT2D eigenvalue weighted by Crippen LogP contribution is -2.22. The van der Waals surface area contributed by atoms with Gasteiger partial charge in [-0.1, -0.05) is 18.9 Å². The van der Waals surface area contributed by atoms with Crippen molar-refractivity contribution in [1.29, 1.82) is 0 Å². The number of rotatable bonds is 2. The number of fused-ring (bicyclic) bond motifs is 2. The minimum atomic E-state index is 0.112. The molecule has 100 valence electrons. The van der Waals surface area contributed by atoms with Gasteiger partial charge in [0.2, 0.25) is 0 Å². The van der Waals surface area contributed by atoms with Crippen LogP contribution in [0.3, 0.4) is 0 Å². The SMILES string of the molecule is O=C(C1CCCc2cccnc21)C1C2CCCCC21. The Labute approximate surface area is 114 Å². The summed E-state index contributed by atoms with van der Waals surface area (Å²) in [5.41, 5.74) is 2.41. The van der Waals surface area contributed by atoms with Gasteiger partial charge in [0.25, 0.3) is 0 Å². The summed E-state index contributed by atoms with van der Waals surface area (Å²) in [6, 6.07) is 4.16. The number of hydrogen-bond acceptors (Lipinski definition) is 2. The van der Waals surface area contributed by atoms with Gasteiger partial charge in [0.15, 0.2) is 0 Å². The van der Waals surface area contributed by atoms with E-state index in [0.717, 1.165) is 36.8 Å². The van der Waals surface area contributed by atoms with Crippen molar-refractivity contribution in [2.24, 2.45) is 17.8 Å². The molecule has 19 heavy (non-hydrogen) atoms. The van der Waals surface area contributed by atoms with Gasteiger partial charge in [-0.2, -0.15) is 0 Å². The number of Topliss-reactive ketones (excluding diaryl/α,β-unsaturated/α-hetero) is 1. The van der Waals surface area contributed by atoms with Gasteiger partial charge >= 0.3 is 0 Å². The van der Waals surface area contributed by atoms with E-state index in [9.17, 15) is 4.79 Å². The number of pyridine rings is 1. The van der Waals surface area contributed by atoms with Gasteiger partial charge in [-0.3, -0.25) is 9.78 Å². The first-order chi connectivity index (χ1) is 9.36. The van der Waals surface area contributed by atoms with Gasteiger partial charge in [0, 0.05) is 12.1 Å². The summed E-state index contributed by atoms with van der Waals surface area (Å²) in [6.07, 6.45) is 10.4. The number of hydrogen-bond donors (Lipinski definition) is 0. The maximum absolute atomic E-state index is 12.8. The zero-order valence-electron chi connectivity index (χ0n) is 11.3. The molecule has 0 amide bonds. The summed E-state index contributed by atoms with van der Waals surface area (Å²) in [5, 5.41) is 0. The molecular weight excluding hydrogens is 234 g/mol. The second kappa shape index (κ2) is 4.43. The standard InChI is InChI=1S/C17H21NO/c19-17(15-12-7-1-2-8-13(12)15)14-9-3-5-11-6-4-10-18-16(11)14/h4,6,10,12-15H,1-3,5,7-9H2. The molecule has 2 nitrogen and oxygen atoms in total. The number of aromatic nitrogens is 1. The van der Waals surface area contributed by atoms with Gasteiger partial charge in [-0.25, -0.2) is 0 Å². The molecule has 0 bridgehead atoms. The van der Waals surface area contributed by atoms with Gasteiger partial charge in [-0.05, 0) is 55.6 Å². The van der Waals surface area contributed by atoms with Crippen molar-refractivity contribution in [2.45, 2.75) is 50.9 Å².